The Hall–Kier alpha value is -1.16. The van der Waals surface area contributed by atoms with Crippen LogP contribution in [0.2, 0.25) is 5.15 Å². The molecule has 0 spiro atoms. The fourth-order valence-corrected chi connectivity index (χ4v) is 2.02. The molecular weight excluding hydrogens is 248 g/mol. The second-order valence-corrected chi connectivity index (χ2v) is 4.94. The van der Waals surface area contributed by atoms with Crippen LogP contribution in [-0.2, 0) is 6.54 Å². The number of halogens is 1. The fraction of sp³-hybridized carbons (Fsp3) is 0.357. The van der Waals surface area contributed by atoms with E-state index >= 15 is 0 Å². The highest BCUT2D eigenvalue weighted by atomic mass is 35.5. The molecule has 1 heterocycles. The zero-order valence-corrected chi connectivity index (χ0v) is 11.4. The molecule has 2 aromatic rings. The molecule has 0 fully saturated rings. The number of para-hydroxylation sites is 1. The van der Waals surface area contributed by atoms with Crippen molar-refractivity contribution in [3.8, 4) is 0 Å². The zero-order chi connectivity index (χ0) is 13.1. The number of aliphatic hydroxyl groups excluding tert-OH is 1. The first-order chi connectivity index (χ1) is 8.61. The van der Waals surface area contributed by atoms with Crippen LogP contribution in [0.5, 0.6) is 0 Å². The van der Waals surface area contributed by atoms with E-state index in [0.717, 1.165) is 16.5 Å². The molecule has 1 aromatic carbocycles. The van der Waals surface area contributed by atoms with Crippen molar-refractivity contribution >= 4 is 22.5 Å². The van der Waals surface area contributed by atoms with E-state index in [1.807, 2.05) is 38.2 Å². The Balaban J connectivity index is 2.30. The third-order valence-corrected chi connectivity index (χ3v) is 3.51. The van der Waals surface area contributed by atoms with Crippen molar-refractivity contribution in [2.75, 3.05) is 13.7 Å². The van der Waals surface area contributed by atoms with Crippen LogP contribution >= 0.6 is 11.6 Å². The summed E-state index contributed by atoms with van der Waals surface area (Å²) in [7, 11) is 1.96. The molecule has 0 radical (unpaired) electrons. The van der Waals surface area contributed by atoms with E-state index < -0.39 is 0 Å². The zero-order valence-electron chi connectivity index (χ0n) is 10.6. The van der Waals surface area contributed by atoms with Crippen LogP contribution in [0, 0.1) is 0 Å². The summed E-state index contributed by atoms with van der Waals surface area (Å²) >= 11 is 6.19. The predicted molar refractivity (Wildman–Crippen MR) is 74.8 cm³/mol. The molecule has 0 aliphatic rings. The molecule has 0 saturated carbocycles. The molecule has 1 unspecified atom stereocenters. The third-order valence-electron chi connectivity index (χ3n) is 3.19. The maximum absolute atomic E-state index is 9.13. The van der Waals surface area contributed by atoms with Gasteiger partial charge in [-0.1, -0.05) is 29.8 Å². The van der Waals surface area contributed by atoms with Crippen molar-refractivity contribution < 1.29 is 5.11 Å². The Morgan fingerprint density at radius 3 is 2.83 bits per heavy atom. The summed E-state index contributed by atoms with van der Waals surface area (Å²) in [4.78, 5) is 6.44. The van der Waals surface area contributed by atoms with Crippen molar-refractivity contribution in [2.24, 2.45) is 0 Å². The van der Waals surface area contributed by atoms with Gasteiger partial charge in [0.25, 0.3) is 0 Å². The molecule has 4 heteroatoms. The van der Waals surface area contributed by atoms with Crippen molar-refractivity contribution in [3.63, 3.8) is 0 Å². The van der Waals surface area contributed by atoms with Crippen LogP contribution in [-0.4, -0.2) is 34.7 Å². The van der Waals surface area contributed by atoms with Gasteiger partial charge in [-0.15, -0.1) is 0 Å². The molecular formula is C14H17ClN2O. The van der Waals surface area contributed by atoms with E-state index in [-0.39, 0.29) is 12.6 Å². The molecule has 0 bridgehead atoms. The first-order valence-corrected chi connectivity index (χ1v) is 6.35. The lowest BCUT2D eigenvalue weighted by molar-refractivity contribution is 0.154. The van der Waals surface area contributed by atoms with Crippen molar-refractivity contribution in [1.82, 2.24) is 9.88 Å². The standard InChI is InChI=1S/C14H17ClN2O/c1-10(9-18)17(2)8-12-7-11-5-3-4-6-13(11)16-14(12)15/h3-7,10,18H,8-9H2,1-2H3. The molecule has 1 N–H and O–H groups in total. The average molecular weight is 265 g/mol. The third kappa shape index (κ3) is 2.80. The van der Waals surface area contributed by atoms with Gasteiger partial charge in [-0.25, -0.2) is 4.98 Å². The van der Waals surface area contributed by atoms with Gasteiger partial charge in [0.2, 0.25) is 0 Å². The molecule has 18 heavy (non-hydrogen) atoms. The Morgan fingerprint density at radius 1 is 1.39 bits per heavy atom. The molecule has 0 aliphatic carbocycles. The topological polar surface area (TPSA) is 36.4 Å². The van der Waals surface area contributed by atoms with E-state index in [9.17, 15) is 0 Å². The van der Waals surface area contributed by atoms with Gasteiger partial charge < -0.3 is 5.11 Å². The van der Waals surface area contributed by atoms with Crippen LogP contribution in [0.1, 0.15) is 12.5 Å². The van der Waals surface area contributed by atoms with Gasteiger partial charge in [-0.3, -0.25) is 4.90 Å². The Morgan fingerprint density at radius 2 is 2.11 bits per heavy atom. The molecule has 3 nitrogen and oxygen atoms in total. The van der Waals surface area contributed by atoms with Gasteiger partial charge >= 0.3 is 0 Å². The summed E-state index contributed by atoms with van der Waals surface area (Å²) < 4.78 is 0. The lowest BCUT2D eigenvalue weighted by Crippen LogP contribution is -2.31. The minimum absolute atomic E-state index is 0.104. The number of aliphatic hydroxyl groups is 1. The lowest BCUT2D eigenvalue weighted by Gasteiger charge is -2.23. The largest absolute Gasteiger partial charge is 0.395 e. The Bertz CT molecular complexity index is 544. The summed E-state index contributed by atoms with van der Waals surface area (Å²) in [5, 5.41) is 10.8. The predicted octanol–water partition coefficient (Wildman–Crippen LogP) is 2.70. The number of rotatable bonds is 4. The van der Waals surface area contributed by atoms with Gasteiger partial charge in [0.1, 0.15) is 5.15 Å². The van der Waals surface area contributed by atoms with E-state index in [0.29, 0.717) is 11.7 Å². The maximum atomic E-state index is 9.13. The van der Waals surface area contributed by atoms with Crippen molar-refractivity contribution in [3.05, 3.63) is 41.0 Å². The second-order valence-electron chi connectivity index (χ2n) is 4.58. The van der Waals surface area contributed by atoms with Crippen LogP contribution in [0.4, 0.5) is 0 Å². The van der Waals surface area contributed by atoms with Crippen LogP contribution in [0.25, 0.3) is 10.9 Å². The van der Waals surface area contributed by atoms with Crippen LogP contribution in [0.3, 0.4) is 0 Å². The summed E-state index contributed by atoms with van der Waals surface area (Å²) in [6.07, 6.45) is 0. The number of benzene rings is 1. The van der Waals surface area contributed by atoms with Crippen LogP contribution in [0.15, 0.2) is 30.3 Å². The van der Waals surface area contributed by atoms with Gasteiger partial charge in [0, 0.05) is 23.5 Å². The fourth-order valence-electron chi connectivity index (χ4n) is 1.81. The second kappa shape index (κ2) is 5.65. The molecule has 1 atom stereocenters. The molecule has 0 saturated heterocycles. The minimum atomic E-state index is 0.104. The first kappa shape index (κ1) is 13.3. The van der Waals surface area contributed by atoms with Gasteiger partial charge in [-0.2, -0.15) is 0 Å². The molecule has 0 aliphatic heterocycles. The SMILES string of the molecule is CC(CO)N(C)Cc1cc2ccccc2nc1Cl. The number of fused-ring (bicyclic) bond motifs is 1. The number of hydrogen-bond acceptors (Lipinski definition) is 3. The quantitative estimate of drug-likeness (QED) is 0.863. The molecule has 0 amide bonds. The van der Waals surface area contributed by atoms with E-state index in [1.54, 1.807) is 0 Å². The smallest absolute Gasteiger partial charge is 0.134 e. The van der Waals surface area contributed by atoms with Gasteiger partial charge in [-0.05, 0) is 26.1 Å². The van der Waals surface area contributed by atoms with Gasteiger partial charge in [0.15, 0.2) is 0 Å². The monoisotopic (exact) mass is 264 g/mol. The van der Waals surface area contributed by atoms with Crippen molar-refractivity contribution in [2.45, 2.75) is 19.5 Å². The molecule has 1 aromatic heterocycles. The summed E-state index contributed by atoms with van der Waals surface area (Å²) in [5.41, 5.74) is 1.89. The average Bonchev–Trinajstić information content (AvgIpc) is 2.38. The van der Waals surface area contributed by atoms with Crippen LogP contribution < -0.4 is 0 Å². The number of hydrogen-bond donors (Lipinski definition) is 1. The summed E-state index contributed by atoms with van der Waals surface area (Å²) in [6.45, 7) is 2.79. The normalized spacial score (nSPS) is 13.2. The highest BCUT2D eigenvalue weighted by Crippen LogP contribution is 2.21. The number of aromatic nitrogens is 1. The Kier molecular flexibility index (Phi) is 4.17. The maximum Gasteiger partial charge on any atom is 0.134 e. The molecule has 96 valence electrons. The van der Waals surface area contributed by atoms with Gasteiger partial charge in [0.05, 0.1) is 12.1 Å². The minimum Gasteiger partial charge on any atom is -0.395 e. The van der Waals surface area contributed by atoms with E-state index in [2.05, 4.69) is 16.0 Å². The van der Waals surface area contributed by atoms with Crippen molar-refractivity contribution in [1.29, 1.82) is 0 Å². The summed E-state index contributed by atoms with van der Waals surface area (Å²) in [5.74, 6) is 0. The Labute approximate surface area is 112 Å². The number of pyridine rings is 1. The molecule has 2 rings (SSSR count). The van der Waals surface area contributed by atoms with E-state index in [4.69, 9.17) is 16.7 Å². The highest BCUT2D eigenvalue weighted by Gasteiger charge is 2.11. The number of likely N-dealkylation sites (N-methyl/N-ethyl adjacent to an activating group) is 1. The number of nitrogens with zero attached hydrogens (tertiary/aromatic N) is 2. The lowest BCUT2D eigenvalue weighted by atomic mass is 10.1. The summed E-state index contributed by atoms with van der Waals surface area (Å²) in [6, 6.07) is 10.1. The van der Waals surface area contributed by atoms with E-state index in [1.165, 1.54) is 0 Å². The highest BCUT2D eigenvalue weighted by molar-refractivity contribution is 6.30. The first-order valence-electron chi connectivity index (χ1n) is 5.97.